The van der Waals surface area contributed by atoms with Crippen molar-refractivity contribution in [2.75, 3.05) is 0 Å². The molecule has 0 aliphatic rings. The zero-order chi connectivity index (χ0) is 13.5. The molecule has 0 aliphatic carbocycles. The first-order valence-corrected chi connectivity index (χ1v) is 7.54. The maximum absolute atomic E-state index is 5.84. The van der Waals surface area contributed by atoms with Crippen molar-refractivity contribution in [2.45, 2.75) is 58.5 Å². The quantitative estimate of drug-likeness (QED) is 0.730. The van der Waals surface area contributed by atoms with Crippen molar-refractivity contribution in [3.8, 4) is 0 Å². The summed E-state index contributed by atoms with van der Waals surface area (Å²) in [6, 6.07) is 11.0. The molecule has 2 rings (SSSR count). The van der Waals surface area contributed by atoms with E-state index in [0.29, 0.717) is 6.04 Å². The molecule has 1 unspecified atom stereocenters. The maximum Gasteiger partial charge on any atom is 0.134 e. The number of fused-ring (bicyclic) bond motifs is 1. The van der Waals surface area contributed by atoms with Crippen LogP contribution in [0.15, 0.2) is 34.7 Å². The van der Waals surface area contributed by atoms with Gasteiger partial charge in [0.1, 0.15) is 11.3 Å². The summed E-state index contributed by atoms with van der Waals surface area (Å²) >= 11 is 0. The van der Waals surface area contributed by atoms with Crippen LogP contribution in [0.2, 0.25) is 0 Å². The standard InChI is InChI=1S/C17H25NO/c1-3-5-10-15(8-4-2)18-13-16-12-14-9-6-7-11-17(14)19-16/h6-7,9,11-12,15,18H,3-5,8,10,13H2,1-2H3. The smallest absolute Gasteiger partial charge is 0.134 e. The van der Waals surface area contributed by atoms with E-state index in [-0.39, 0.29) is 0 Å². The highest BCUT2D eigenvalue weighted by molar-refractivity contribution is 5.77. The molecule has 2 nitrogen and oxygen atoms in total. The topological polar surface area (TPSA) is 25.2 Å². The van der Waals surface area contributed by atoms with Gasteiger partial charge in [0, 0.05) is 11.4 Å². The number of nitrogens with one attached hydrogen (secondary N) is 1. The van der Waals surface area contributed by atoms with Crippen molar-refractivity contribution in [1.82, 2.24) is 5.32 Å². The molecule has 1 N–H and O–H groups in total. The second-order valence-corrected chi connectivity index (χ2v) is 5.26. The van der Waals surface area contributed by atoms with Crippen LogP contribution in [-0.2, 0) is 6.54 Å². The minimum atomic E-state index is 0.623. The van der Waals surface area contributed by atoms with Gasteiger partial charge in [-0.25, -0.2) is 0 Å². The van der Waals surface area contributed by atoms with E-state index in [0.717, 1.165) is 17.9 Å². The molecule has 0 saturated carbocycles. The molecule has 0 fully saturated rings. The molecule has 0 amide bonds. The Morgan fingerprint density at radius 1 is 1.11 bits per heavy atom. The van der Waals surface area contributed by atoms with Gasteiger partial charge in [-0.3, -0.25) is 0 Å². The molecule has 1 aromatic carbocycles. The fourth-order valence-corrected chi connectivity index (χ4v) is 2.52. The van der Waals surface area contributed by atoms with Crippen LogP contribution < -0.4 is 5.32 Å². The number of furan rings is 1. The Morgan fingerprint density at radius 2 is 1.95 bits per heavy atom. The van der Waals surface area contributed by atoms with Crippen molar-refractivity contribution < 1.29 is 4.42 Å². The van der Waals surface area contributed by atoms with Crippen LogP contribution in [0.5, 0.6) is 0 Å². The van der Waals surface area contributed by atoms with Gasteiger partial charge < -0.3 is 9.73 Å². The average Bonchev–Trinajstić information content (AvgIpc) is 2.84. The second-order valence-electron chi connectivity index (χ2n) is 5.26. The Bertz CT molecular complexity index is 456. The fraction of sp³-hybridized carbons (Fsp3) is 0.529. The van der Waals surface area contributed by atoms with Gasteiger partial charge in [-0.15, -0.1) is 0 Å². The summed E-state index contributed by atoms with van der Waals surface area (Å²) in [7, 11) is 0. The molecule has 2 aromatic rings. The highest BCUT2D eigenvalue weighted by Crippen LogP contribution is 2.19. The third kappa shape index (κ3) is 4.10. The van der Waals surface area contributed by atoms with E-state index in [1.807, 2.05) is 12.1 Å². The number of benzene rings is 1. The summed E-state index contributed by atoms with van der Waals surface area (Å²) in [6.45, 7) is 5.34. The van der Waals surface area contributed by atoms with Crippen LogP contribution >= 0.6 is 0 Å². The summed E-state index contributed by atoms with van der Waals surface area (Å²) in [6.07, 6.45) is 6.33. The highest BCUT2D eigenvalue weighted by atomic mass is 16.3. The molecular weight excluding hydrogens is 234 g/mol. The minimum Gasteiger partial charge on any atom is -0.460 e. The monoisotopic (exact) mass is 259 g/mol. The molecule has 1 atom stereocenters. The molecule has 104 valence electrons. The SMILES string of the molecule is CCCCC(CCC)NCc1cc2ccccc2o1. The van der Waals surface area contributed by atoms with Gasteiger partial charge in [0.25, 0.3) is 0 Å². The number of hydrogen-bond donors (Lipinski definition) is 1. The number of hydrogen-bond acceptors (Lipinski definition) is 2. The predicted octanol–water partition coefficient (Wildman–Crippen LogP) is 4.88. The zero-order valence-electron chi connectivity index (χ0n) is 12.1. The Kier molecular flexibility index (Phi) is 5.46. The van der Waals surface area contributed by atoms with Crippen molar-refractivity contribution in [2.24, 2.45) is 0 Å². The minimum absolute atomic E-state index is 0.623. The summed E-state index contributed by atoms with van der Waals surface area (Å²) in [5.74, 6) is 1.04. The first-order chi connectivity index (χ1) is 9.33. The van der Waals surface area contributed by atoms with Gasteiger partial charge in [-0.2, -0.15) is 0 Å². The summed E-state index contributed by atoms with van der Waals surface area (Å²) < 4.78 is 5.84. The van der Waals surface area contributed by atoms with Gasteiger partial charge in [-0.1, -0.05) is 51.3 Å². The van der Waals surface area contributed by atoms with Crippen LogP contribution in [-0.4, -0.2) is 6.04 Å². The fourth-order valence-electron chi connectivity index (χ4n) is 2.52. The first-order valence-electron chi connectivity index (χ1n) is 7.54. The van der Waals surface area contributed by atoms with E-state index in [1.165, 1.54) is 37.5 Å². The lowest BCUT2D eigenvalue weighted by atomic mass is 10.1. The number of rotatable bonds is 8. The Hall–Kier alpha value is -1.28. The van der Waals surface area contributed by atoms with Gasteiger partial charge >= 0.3 is 0 Å². The van der Waals surface area contributed by atoms with Crippen molar-refractivity contribution in [1.29, 1.82) is 0 Å². The van der Waals surface area contributed by atoms with E-state index in [2.05, 4.69) is 37.4 Å². The average molecular weight is 259 g/mol. The second kappa shape index (κ2) is 7.34. The number of para-hydroxylation sites is 1. The van der Waals surface area contributed by atoms with Crippen molar-refractivity contribution in [3.05, 3.63) is 36.1 Å². The largest absolute Gasteiger partial charge is 0.460 e. The van der Waals surface area contributed by atoms with Gasteiger partial charge in [0.15, 0.2) is 0 Å². The third-order valence-corrected chi connectivity index (χ3v) is 3.58. The molecule has 0 bridgehead atoms. The highest BCUT2D eigenvalue weighted by Gasteiger charge is 2.08. The van der Waals surface area contributed by atoms with Crippen molar-refractivity contribution in [3.63, 3.8) is 0 Å². The molecule has 0 saturated heterocycles. The van der Waals surface area contributed by atoms with E-state index < -0.39 is 0 Å². The lowest BCUT2D eigenvalue weighted by Gasteiger charge is -2.16. The molecular formula is C17H25NO. The van der Waals surface area contributed by atoms with Crippen LogP contribution in [0.4, 0.5) is 0 Å². The lowest BCUT2D eigenvalue weighted by molar-refractivity contribution is 0.409. The van der Waals surface area contributed by atoms with Gasteiger partial charge in [0.05, 0.1) is 6.54 Å². The van der Waals surface area contributed by atoms with E-state index in [1.54, 1.807) is 0 Å². The zero-order valence-corrected chi connectivity index (χ0v) is 12.1. The first kappa shape index (κ1) is 14.1. The Labute approximate surface area is 116 Å². The number of unbranched alkanes of at least 4 members (excludes halogenated alkanes) is 1. The molecule has 1 heterocycles. The molecule has 2 heteroatoms. The lowest BCUT2D eigenvalue weighted by Crippen LogP contribution is -2.28. The van der Waals surface area contributed by atoms with Crippen LogP contribution in [0.3, 0.4) is 0 Å². The molecule has 0 radical (unpaired) electrons. The molecule has 0 spiro atoms. The normalized spacial score (nSPS) is 12.9. The predicted molar refractivity (Wildman–Crippen MR) is 81.3 cm³/mol. The Morgan fingerprint density at radius 3 is 2.68 bits per heavy atom. The van der Waals surface area contributed by atoms with E-state index in [4.69, 9.17) is 4.42 Å². The Balaban J connectivity index is 1.91. The van der Waals surface area contributed by atoms with Gasteiger partial charge in [-0.05, 0) is 25.0 Å². The molecule has 19 heavy (non-hydrogen) atoms. The van der Waals surface area contributed by atoms with Crippen LogP contribution in [0.1, 0.15) is 51.7 Å². The van der Waals surface area contributed by atoms with Crippen molar-refractivity contribution >= 4 is 11.0 Å². The third-order valence-electron chi connectivity index (χ3n) is 3.58. The molecule has 1 aromatic heterocycles. The summed E-state index contributed by atoms with van der Waals surface area (Å²) in [4.78, 5) is 0. The van der Waals surface area contributed by atoms with Crippen LogP contribution in [0.25, 0.3) is 11.0 Å². The van der Waals surface area contributed by atoms with Crippen LogP contribution in [0, 0.1) is 0 Å². The summed E-state index contributed by atoms with van der Waals surface area (Å²) in [5.41, 5.74) is 0.986. The van der Waals surface area contributed by atoms with Gasteiger partial charge in [0.2, 0.25) is 0 Å². The van der Waals surface area contributed by atoms with E-state index in [9.17, 15) is 0 Å². The maximum atomic E-state index is 5.84. The summed E-state index contributed by atoms with van der Waals surface area (Å²) in [5, 5.41) is 4.83. The molecule has 0 aliphatic heterocycles. The van der Waals surface area contributed by atoms with E-state index >= 15 is 0 Å².